The maximum absolute atomic E-state index is 12.6. The lowest BCUT2D eigenvalue weighted by Gasteiger charge is -2.33. The fourth-order valence-corrected chi connectivity index (χ4v) is 3.52. The van der Waals surface area contributed by atoms with E-state index >= 15 is 0 Å². The molecule has 0 unspecified atom stereocenters. The van der Waals surface area contributed by atoms with Gasteiger partial charge >= 0.3 is 5.97 Å². The summed E-state index contributed by atoms with van der Waals surface area (Å²) in [4.78, 5) is 38.6. The highest BCUT2D eigenvalue weighted by Gasteiger charge is 2.30. The molecule has 2 rings (SSSR count). The molecule has 0 spiro atoms. The molecule has 27 heavy (non-hydrogen) atoms. The number of ether oxygens (including phenoxy) is 1. The number of methoxy groups -OCH3 is 1. The molecule has 0 aromatic heterocycles. The van der Waals surface area contributed by atoms with Crippen LogP contribution < -0.4 is 5.32 Å². The minimum atomic E-state index is -0.490. The smallest absolute Gasteiger partial charge is 0.337 e. The predicted octanol–water partition coefficient (Wildman–Crippen LogP) is 3.74. The van der Waals surface area contributed by atoms with Gasteiger partial charge in [0, 0.05) is 24.9 Å². The van der Waals surface area contributed by atoms with Crippen molar-refractivity contribution in [3.05, 3.63) is 28.8 Å². The molecule has 2 amide bonds. The molecule has 0 aliphatic carbocycles. The first-order chi connectivity index (χ1) is 12.9. The van der Waals surface area contributed by atoms with Crippen molar-refractivity contribution in [2.75, 3.05) is 25.5 Å². The van der Waals surface area contributed by atoms with Crippen molar-refractivity contribution in [1.82, 2.24) is 4.90 Å². The van der Waals surface area contributed by atoms with Gasteiger partial charge in [0.2, 0.25) is 11.8 Å². The molecule has 7 heteroatoms. The van der Waals surface area contributed by atoms with Crippen LogP contribution in [-0.4, -0.2) is 42.9 Å². The topological polar surface area (TPSA) is 75.7 Å². The minimum Gasteiger partial charge on any atom is -0.465 e. The summed E-state index contributed by atoms with van der Waals surface area (Å²) in [6, 6.07) is 4.62. The van der Waals surface area contributed by atoms with Gasteiger partial charge in [-0.15, -0.1) is 0 Å². The molecule has 148 valence electrons. The van der Waals surface area contributed by atoms with Crippen molar-refractivity contribution in [2.24, 2.45) is 11.8 Å². The highest BCUT2D eigenvalue weighted by atomic mass is 35.5. The molecule has 0 bridgehead atoms. The summed E-state index contributed by atoms with van der Waals surface area (Å²) in [6.45, 7) is 5.23. The number of halogens is 1. The Morgan fingerprint density at radius 3 is 2.41 bits per heavy atom. The summed E-state index contributed by atoms with van der Waals surface area (Å²) in [5.74, 6) is -0.569. The number of anilines is 1. The quantitative estimate of drug-likeness (QED) is 0.745. The third kappa shape index (κ3) is 5.22. The number of likely N-dealkylation sites (tertiary alicyclic amines) is 1. The summed E-state index contributed by atoms with van der Waals surface area (Å²) < 4.78 is 4.69. The van der Waals surface area contributed by atoms with Crippen LogP contribution in [0, 0.1) is 11.8 Å². The van der Waals surface area contributed by atoms with Crippen LogP contribution in [0.15, 0.2) is 18.2 Å². The summed E-state index contributed by atoms with van der Waals surface area (Å²) in [6.07, 6.45) is 2.91. The lowest BCUT2D eigenvalue weighted by Crippen LogP contribution is -2.43. The van der Waals surface area contributed by atoms with Crippen molar-refractivity contribution in [2.45, 2.75) is 39.5 Å². The summed E-state index contributed by atoms with van der Waals surface area (Å²) >= 11 is 6.14. The highest BCUT2D eigenvalue weighted by Crippen LogP contribution is 2.26. The second-order valence-electron chi connectivity index (χ2n) is 6.79. The molecule has 1 saturated heterocycles. The lowest BCUT2D eigenvalue weighted by atomic mass is 9.93. The van der Waals surface area contributed by atoms with E-state index in [2.05, 4.69) is 5.32 Å². The van der Waals surface area contributed by atoms with Gasteiger partial charge in [-0.2, -0.15) is 0 Å². The van der Waals surface area contributed by atoms with Crippen LogP contribution >= 0.6 is 11.6 Å². The Morgan fingerprint density at radius 2 is 1.85 bits per heavy atom. The van der Waals surface area contributed by atoms with E-state index in [1.165, 1.54) is 13.2 Å². The van der Waals surface area contributed by atoms with Crippen LogP contribution in [0.5, 0.6) is 0 Å². The number of piperidine rings is 1. The van der Waals surface area contributed by atoms with Crippen LogP contribution in [0.4, 0.5) is 5.69 Å². The Morgan fingerprint density at radius 1 is 1.22 bits per heavy atom. The van der Waals surface area contributed by atoms with Crippen molar-refractivity contribution >= 4 is 35.1 Å². The number of esters is 1. The lowest BCUT2D eigenvalue weighted by molar-refractivity contribution is -0.138. The molecule has 1 aliphatic rings. The minimum absolute atomic E-state index is 0.0650. The third-order valence-corrected chi connectivity index (χ3v) is 5.49. The van der Waals surface area contributed by atoms with Crippen molar-refractivity contribution in [3.8, 4) is 0 Å². The van der Waals surface area contributed by atoms with Crippen LogP contribution in [-0.2, 0) is 14.3 Å². The van der Waals surface area contributed by atoms with Gasteiger partial charge in [-0.25, -0.2) is 4.79 Å². The monoisotopic (exact) mass is 394 g/mol. The van der Waals surface area contributed by atoms with Crippen molar-refractivity contribution in [1.29, 1.82) is 0 Å². The van der Waals surface area contributed by atoms with E-state index in [-0.39, 0.29) is 23.7 Å². The molecule has 1 N–H and O–H groups in total. The first-order valence-electron chi connectivity index (χ1n) is 9.38. The number of rotatable bonds is 6. The number of nitrogens with one attached hydrogen (secondary N) is 1. The fourth-order valence-electron chi connectivity index (χ4n) is 3.36. The maximum Gasteiger partial charge on any atom is 0.337 e. The molecule has 0 atom stereocenters. The zero-order valence-electron chi connectivity index (χ0n) is 16.1. The Labute approximate surface area is 165 Å². The fraction of sp³-hybridized carbons (Fsp3) is 0.550. The van der Waals surface area contributed by atoms with Crippen LogP contribution in [0.25, 0.3) is 0 Å². The second-order valence-corrected chi connectivity index (χ2v) is 7.20. The van der Waals surface area contributed by atoms with Gasteiger partial charge in [-0.05, 0) is 43.9 Å². The van der Waals surface area contributed by atoms with Gasteiger partial charge < -0.3 is 15.0 Å². The van der Waals surface area contributed by atoms with Crippen LogP contribution in [0.3, 0.4) is 0 Å². The molecular formula is C20H27ClN2O4. The van der Waals surface area contributed by atoms with Gasteiger partial charge in [0.1, 0.15) is 0 Å². The number of carbonyl (C=O) groups excluding carboxylic acids is 3. The number of nitrogens with zero attached hydrogens (tertiary/aromatic N) is 1. The summed E-state index contributed by atoms with van der Waals surface area (Å²) in [7, 11) is 1.30. The standard InChI is InChI=1S/C20H27ClN2O4/c1-4-13(5-2)19(25)23-10-8-14(9-11-23)18(24)22-17-12-15(20(26)27-3)6-7-16(17)21/h6-7,12-14H,4-5,8-11H2,1-3H3,(H,22,24). The summed E-state index contributed by atoms with van der Waals surface area (Å²) in [5, 5.41) is 3.17. The van der Waals surface area contributed by atoms with Crippen molar-refractivity contribution in [3.63, 3.8) is 0 Å². The largest absolute Gasteiger partial charge is 0.465 e. The normalized spacial score (nSPS) is 14.9. The van der Waals surface area contributed by atoms with E-state index in [1.807, 2.05) is 18.7 Å². The van der Waals surface area contributed by atoms with Crippen LogP contribution in [0.2, 0.25) is 5.02 Å². The molecule has 1 aliphatic heterocycles. The molecule has 0 saturated carbocycles. The highest BCUT2D eigenvalue weighted by molar-refractivity contribution is 6.33. The van der Waals surface area contributed by atoms with E-state index in [9.17, 15) is 14.4 Å². The predicted molar refractivity (Wildman–Crippen MR) is 105 cm³/mol. The van der Waals surface area contributed by atoms with E-state index in [0.29, 0.717) is 42.2 Å². The van der Waals surface area contributed by atoms with Gasteiger partial charge in [0.05, 0.1) is 23.4 Å². The van der Waals surface area contributed by atoms with Crippen LogP contribution in [0.1, 0.15) is 49.9 Å². The molecule has 6 nitrogen and oxygen atoms in total. The van der Waals surface area contributed by atoms with E-state index < -0.39 is 5.97 Å². The Bertz CT molecular complexity index is 695. The van der Waals surface area contributed by atoms with E-state index in [0.717, 1.165) is 12.8 Å². The average Bonchev–Trinajstić information content (AvgIpc) is 2.69. The number of amides is 2. The molecule has 1 aromatic rings. The number of hydrogen-bond donors (Lipinski definition) is 1. The maximum atomic E-state index is 12.6. The van der Waals surface area contributed by atoms with Gasteiger partial charge in [0.15, 0.2) is 0 Å². The number of benzene rings is 1. The molecule has 1 aromatic carbocycles. The molecular weight excluding hydrogens is 368 g/mol. The second kappa shape index (κ2) is 9.74. The molecule has 1 fully saturated rings. The molecule has 0 radical (unpaired) electrons. The van der Waals surface area contributed by atoms with E-state index in [1.54, 1.807) is 12.1 Å². The zero-order chi connectivity index (χ0) is 20.0. The average molecular weight is 395 g/mol. The first-order valence-corrected chi connectivity index (χ1v) is 9.76. The Hall–Kier alpha value is -2.08. The van der Waals surface area contributed by atoms with E-state index in [4.69, 9.17) is 16.3 Å². The number of hydrogen-bond acceptors (Lipinski definition) is 4. The van der Waals surface area contributed by atoms with Gasteiger partial charge in [-0.1, -0.05) is 25.4 Å². The molecule has 1 heterocycles. The summed E-state index contributed by atoms with van der Waals surface area (Å²) in [5.41, 5.74) is 0.711. The van der Waals surface area contributed by atoms with Crippen molar-refractivity contribution < 1.29 is 19.1 Å². The first kappa shape index (κ1) is 21.2. The number of carbonyl (C=O) groups is 3. The zero-order valence-corrected chi connectivity index (χ0v) is 16.8. The third-order valence-electron chi connectivity index (χ3n) is 5.16. The Kier molecular flexibility index (Phi) is 7.66. The Balaban J connectivity index is 1.97. The van der Waals surface area contributed by atoms with Gasteiger partial charge in [-0.3, -0.25) is 9.59 Å². The SMILES string of the molecule is CCC(CC)C(=O)N1CCC(C(=O)Nc2cc(C(=O)OC)ccc2Cl)CC1. The van der Waals surface area contributed by atoms with Gasteiger partial charge in [0.25, 0.3) is 0 Å².